The standard InChI is InChI=1S/C21H24F2N2O2/c1-21(2,3)18-16(22)10-13(11-17(18)23)25-20(26)19-15-6-5-14(27-4)9-12(15)7-8-24-19/h5-6,9-11,19,24H,7-8H2,1-4H3,(H,25,26)/t19-/m1/s1. The van der Waals surface area contributed by atoms with Gasteiger partial charge < -0.3 is 15.4 Å². The fourth-order valence-electron chi connectivity index (χ4n) is 3.48. The molecule has 4 nitrogen and oxygen atoms in total. The summed E-state index contributed by atoms with van der Waals surface area (Å²) in [6.07, 6.45) is 0.778. The van der Waals surface area contributed by atoms with Gasteiger partial charge in [0.25, 0.3) is 0 Å². The van der Waals surface area contributed by atoms with Gasteiger partial charge in [0.15, 0.2) is 0 Å². The smallest absolute Gasteiger partial charge is 0.246 e. The molecule has 0 radical (unpaired) electrons. The van der Waals surface area contributed by atoms with Crippen molar-refractivity contribution in [2.45, 2.75) is 38.6 Å². The number of anilines is 1. The zero-order chi connectivity index (χ0) is 19.8. The van der Waals surface area contributed by atoms with Gasteiger partial charge >= 0.3 is 0 Å². The zero-order valence-electron chi connectivity index (χ0n) is 16.0. The molecule has 0 unspecified atom stereocenters. The lowest BCUT2D eigenvalue weighted by molar-refractivity contribution is -0.118. The Labute approximate surface area is 157 Å². The van der Waals surface area contributed by atoms with Crippen LogP contribution in [0.25, 0.3) is 0 Å². The van der Waals surface area contributed by atoms with Gasteiger partial charge in [0, 0.05) is 17.8 Å². The van der Waals surface area contributed by atoms with Gasteiger partial charge in [-0.05, 0) is 47.2 Å². The maximum Gasteiger partial charge on any atom is 0.246 e. The average Bonchev–Trinajstić information content (AvgIpc) is 2.58. The highest BCUT2D eigenvalue weighted by molar-refractivity contribution is 5.96. The van der Waals surface area contributed by atoms with Crippen molar-refractivity contribution in [2.24, 2.45) is 0 Å². The largest absolute Gasteiger partial charge is 0.497 e. The molecule has 3 rings (SSSR count). The number of methoxy groups -OCH3 is 1. The van der Waals surface area contributed by atoms with Gasteiger partial charge in [0.2, 0.25) is 5.91 Å². The molecule has 1 atom stereocenters. The van der Waals surface area contributed by atoms with Crippen molar-refractivity contribution in [1.29, 1.82) is 0 Å². The third-order valence-corrected chi connectivity index (χ3v) is 4.73. The highest BCUT2D eigenvalue weighted by atomic mass is 19.1. The first-order valence-electron chi connectivity index (χ1n) is 8.91. The van der Waals surface area contributed by atoms with Gasteiger partial charge in [0.1, 0.15) is 23.4 Å². The van der Waals surface area contributed by atoms with E-state index in [2.05, 4.69) is 10.6 Å². The van der Waals surface area contributed by atoms with E-state index in [1.54, 1.807) is 33.9 Å². The van der Waals surface area contributed by atoms with E-state index in [-0.39, 0.29) is 17.2 Å². The summed E-state index contributed by atoms with van der Waals surface area (Å²) < 4.78 is 34.0. The predicted molar refractivity (Wildman–Crippen MR) is 101 cm³/mol. The van der Waals surface area contributed by atoms with Gasteiger partial charge in [-0.15, -0.1) is 0 Å². The topological polar surface area (TPSA) is 50.4 Å². The van der Waals surface area contributed by atoms with E-state index in [1.165, 1.54) is 12.1 Å². The third-order valence-electron chi connectivity index (χ3n) is 4.73. The molecule has 0 fully saturated rings. The number of carbonyl (C=O) groups is 1. The summed E-state index contributed by atoms with van der Waals surface area (Å²) in [6, 6.07) is 7.29. The first-order valence-corrected chi connectivity index (χ1v) is 8.91. The summed E-state index contributed by atoms with van der Waals surface area (Å²) in [6.45, 7) is 5.85. The average molecular weight is 374 g/mol. The molecule has 0 aliphatic carbocycles. The monoisotopic (exact) mass is 374 g/mol. The molecule has 0 saturated heterocycles. The van der Waals surface area contributed by atoms with Crippen molar-refractivity contribution >= 4 is 11.6 Å². The van der Waals surface area contributed by atoms with E-state index in [4.69, 9.17) is 4.74 Å². The number of fused-ring (bicyclic) bond motifs is 1. The van der Waals surface area contributed by atoms with E-state index < -0.39 is 23.1 Å². The van der Waals surface area contributed by atoms with Crippen molar-refractivity contribution < 1.29 is 18.3 Å². The van der Waals surface area contributed by atoms with E-state index in [1.807, 2.05) is 12.1 Å². The number of hydrogen-bond acceptors (Lipinski definition) is 3. The van der Waals surface area contributed by atoms with Gasteiger partial charge in [-0.1, -0.05) is 26.8 Å². The molecule has 6 heteroatoms. The fourth-order valence-corrected chi connectivity index (χ4v) is 3.48. The van der Waals surface area contributed by atoms with Crippen molar-refractivity contribution in [3.63, 3.8) is 0 Å². The highest BCUT2D eigenvalue weighted by Crippen LogP contribution is 2.31. The molecule has 27 heavy (non-hydrogen) atoms. The van der Waals surface area contributed by atoms with Crippen LogP contribution >= 0.6 is 0 Å². The van der Waals surface area contributed by atoms with Gasteiger partial charge in [-0.3, -0.25) is 4.79 Å². The molecular weight excluding hydrogens is 350 g/mol. The number of carbonyl (C=O) groups excluding carboxylic acids is 1. The van der Waals surface area contributed by atoms with Crippen LogP contribution in [0.4, 0.5) is 14.5 Å². The van der Waals surface area contributed by atoms with E-state index in [0.717, 1.165) is 23.3 Å². The lowest BCUT2D eigenvalue weighted by Crippen LogP contribution is -2.38. The molecule has 1 aliphatic rings. The van der Waals surface area contributed by atoms with Gasteiger partial charge in [-0.25, -0.2) is 8.78 Å². The normalized spacial score (nSPS) is 16.6. The number of nitrogens with one attached hydrogen (secondary N) is 2. The summed E-state index contributed by atoms with van der Waals surface area (Å²) in [5.41, 5.74) is 1.30. The number of rotatable bonds is 3. The molecule has 2 aromatic rings. The Morgan fingerprint density at radius 1 is 1.19 bits per heavy atom. The van der Waals surface area contributed by atoms with Gasteiger partial charge in [-0.2, -0.15) is 0 Å². The zero-order valence-corrected chi connectivity index (χ0v) is 16.0. The summed E-state index contributed by atoms with van der Waals surface area (Å²) in [5, 5.41) is 5.79. The minimum Gasteiger partial charge on any atom is -0.497 e. The second-order valence-corrected chi connectivity index (χ2v) is 7.76. The molecule has 0 bridgehead atoms. The van der Waals surface area contributed by atoms with Crippen molar-refractivity contribution in [3.05, 3.63) is 58.7 Å². The summed E-state index contributed by atoms with van der Waals surface area (Å²) in [7, 11) is 1.59. The van der Waals surface area contributed by atoms with Crippen LogP contribution < -0.4 is 15.4 Å². The van der Waals surface area contributed by atoms with Crippen LogP contribution in [0.15, 0.2) is 30.3 Å². The minimum absolute atomic E-state index is 0.00808. The lowest BCUT2D eigenvalue weighted by atomic mass is 9.86. The molecule has 1 aliphatic heterocycles. The van der Waals surface area contributed by atoms with E-state index >= 15 is 0 Å². The highest BCUT2D eigenvalue weighted by Gasteiger charge is 2.28. The Morgan fingerprint density at radius 3 is 2.44 bits per heavy atom. The Morgan fingerprint density at radius 2 is 1.85 bits per heavy atom. The summed E-state index contributed by atoms with van der Waals surface area (Å²) in [5.74, 6) is -0.959. The Kier molecular flexibility index (Phi) is 5.20. The number of benzene rings is 2. The van der Waals surface area contributed by atoms with Crippen LogP contribution in [-0.4, -0.2) is 19.6 Å². The number of halogens is 2. The Bertz CT molecular complexity index is 852. The number of amides is 1. The molecule has 144 valence electrons. The van der Waals surface area contributed by atoms with Crippen LogP contribution in [0.5, 0.6) is 5.75 Å². The first-order chi connectivity index (χ1) is 12.7. The molecule has 0 spiro atoms. The second kappa shape index (κ2) is 7.27. The summed E-state index contributed by atoms with van der Waals surface area (Å²) in [4.78, 5) is 12.7. The number of hydrogen-bond donors (Lipinski definition) is 2. The maximum absolute atomic E-state index is 14.4. The van der Waals surface area contributed by atoms with Crippen LogP contribution in [0.1, 0.15) is 43.5 Å². The predicted octanol–water partition coefficient (Wildman–Crippen LogP) is 4.10. The Balaban J connectivity index is 1.85. The fraction of sp³-hybridized carbons (Fsp3) is 0.381. The number of ether oxygens (including phenoxy) is 1. The SMILES string of the molecule is COc1ccc2c(c1)CCN[C@H]2C(=O)Nc1cc(F)c(C(C)(C)C)c(F)c1. The molecule has 2 aromatic carbocycles. The molecule has 2 N–H and O–H groups in total. The molecular formula is C21H24F2N2O2. The molecule has 1 amide bonds. The van der Waals surface area contributed by atoms with Crippen LogP contribution in [0.2, 0.25) is 0 Å². The van der Waals surface area contributed by atoms with Gasteiger partial charge in [0.05, 0.1) is 7.11 Å². The van der Waals surface area contributed by atoms with E-state index in [0.29, 0.717) is 6.54 Å². The molecule has 0 aromatic heterocycles. The van der Waals surface area contributed by atoms with Crippen LogP contribution in [-0.2, 0) is 16.6 Å². The van der Waals surface area contributed by atoms with Crippen molar-refractivity contribution in [2.75, 3.05) is 19.0 Å². The van der Waals surface area contributed by atoms with Crippen LogP contribution in [0.3, 0.4) is 0 Å². The van der Waals surface area contributed by atoms with E-state index in [9.17, 15) is 13.6 Å². The molecule has 0 saturated carbocycles. The van der Waals surface area contributed by atoms with Crippen LogP contribution in [0, 0.1) is 11.6 Å². The molecule has 1 heterocycles. The summed E-state index contributed by atoms with van der Waals surface area (Å²) >= 11 is 0. The second-order valence-electron chi connectivity index (χ2n) is 7.76. The quantitative estimate of drug-likeness (QED) is 0.851. The maximum atomic E-state index is 14.4. The minimum atomic E-state index is -0.667. The first kappa shape index (κ1) is 19.3. The Hall–Kier alpha value is -2.47. The lowest BCUT2D eigenvalue weighted by Gasteiger charge is -2.27. The van der Waals surface area contributed by atoms with Crippen molar-refractivity contribution in [1.82, 2.24) is 5.32 Å². The third kappa shape index (κ3) is 3.95. The van der Waals surface area contributed by atoms with Crippen molar-refractivity contribution in [3.8, 4) is 5.75 Å².